The molecule has 0 bridgehead atoms. The SMILES string of the molecule is CCCc1nc(C(=O)N2CCCC(C(C)N)C2)n[nH]1. The number of nitrogens with two attached hydrogens (primary N) is 1. The highest BCUT2D eigenvalue weighted by Gasteiger charge is 2.28. The number of amides is 1. The molecule has 1 aliphatic rings. The van der Waals surface area contributed by atoms with Crippen molar-refractivity contribution < 1.29 is 4.79 Å². The first kappa shape index (κ1) is 14.0. The van der Waals surface area contributed by atoms with E-state index in [0.29, 0.717) is 12.5 Å². The van der Waals surface area contributed by atoms with Crippen LogP contribution in [0.5, 0.6) is 0 Å². The number of hydrogen-bond donors (Lipinski definition) is 2. The first-order valence-corrected chi connectivity index (χ1v) is 7.08. The molecule has 2 heterocycles. The average Bonchev–Trinajstić information content (AvgIpc) is 2.87. The fourth-order valence-corrected chi connectivity index (χ4v) is 2.50. The fourth-order valence-electron chi connectivity index (χ4n) is 2.50. The predicted octanol–water partition coefficient (Wildman–Crippen LogP) is 0.957. The van der Waals surface area contributed by atoms with E-state index >= 15 is 0 Å². The smallest absolute Gasteiger partial charge is 0.293 e. The van der Waals surface area contributed by atoms with Crippen LogP contribution in [0, 0.1) is 5.92 Å². The molecular weight excluding hydrogens is 242 g/mol. The lowest BCUT2D eigenvalue weighted by Gasteiger charge is -2.33. The molecule has 1 saturated heterocycles. The zero-order chi connectivity index (χ0) is 13.8. The summed E-state index contributed by atoms with van der Waals surface area (Å²) in [6.45, 7) is 5.57. The monoisotopic (exact) mass is 265 g/mol. The van der Waals surface area contributed by atoms with Gasteiger partial charge in [0.15, 0.2) is 0 Å². The molecule has 6 nitrogen and oxygen atoms in total. The Morgan fingerprint density at radius 1 is 1.63 bits per heavy atom. The van der Waals surface area contributed by atoms with Crippen LogP contribution < -0.4 is 5.73 Å². The molecule has 2 rings (SSSR count). The Morgan fingerprint density at radius 3 is 3.11 bits per heavy atom. The van der Waals surface area contributed by atoms with Gasteiger partial charge in [0.25, 0.3) is 5.91 Å². The van der Waals surface area contributed by atoms with Gasteiger partial charge in [0.05, 0.1) is 0 Å². The highest BCUT2D eigenvalue weighted by molar-refractivity contribution is 5.90. The van der Waals surface area contributed by atoms with Crippen molar-refractivity contribution in [3.63, 3.8) is 0 Å². The normalized spacial score (nSPS) is 21.4. The molecule has 0 saturated carbocycles. The van der Waals surface area contributed by atoms with Crippen LogP contribution in [0.2, 0.25) is 0 Å². The maximum absolute atomic E-state index is 12.3. The number of aryl methyl sites for hydroxylation is 1. The van der Waals surface area contributed by atoms with Gasteiger partial charge in [-0.3, -0.25) is 9.89 Å². The molecule has 2 atom stereocenters. The van der Waals surface area contributed by atoms with Gasteiger partial charge in [0.1, 0.15) is 5.82 Å². The molecule has 1 fully saturated rings. The summed E-state index contributed by atoms with van der Waals surface area (Å²) in [6, 6.07) is 0.124. The van der Waals surface area contributed by atoms with E-state index in [0.717, 1.165) is 38.1 Å². The second-order valence-electron chi connectivity index (χ2n) is 5.37. The van der Waals surface area contributed by atoms with Gasteiger partial charge in [-0.05, 0) is 32.1 Å². The molecular formula is C13H23N5O. The lowest BCUT2D eigenvalue weighted by Crippen LogP contribution is -2.45. The fraction of sp³-hybridized carbons (Fsp3) is 0.769. The standard InChI is InChI=1S/C13H23N5O/c1-3-5-11-15-12(17-16-11)13(19)18-7-4-6-10(8-18)9(2)14/h9-10H,3-8,14H2,1-2H3,(H,15,16,17). The molecule has 0 radical (unpaired) electrons. The van der Waals surface area contributed by atoms with Crippen LogP contribution in [0.4, 0.5) is 0 Å². The van der Waals surface area contributed by atoms with E-state index in [1.54, 1.807) is 0 Å². The van der Waals surface area contributed by atoms with Crippen molar-refractivity contribution in [2.75, 3.05) is 13.1 Å². The minimum Gasteiger partial charge on any atom is -0.336 e. The first-order valence-electron chi connectivity index (χ1n) is 7.08. The van der Waals surface area contributed by atoms with E-state index in [1.165, 1.54) is 0 Å². The third-order valence-corrected chi connectivity index (χ3v) is 3.70. The number of carbonyl (C=O) groups excluding carboxylic acids is 1. The molecule has 1 aromatic heterocycles. The van der Waals surface area contributed by atoms with Crippen LogP contribution >= 0.6 is 0 Å². The van der Waals surface area contributed by atoms with Crippen LogP contribution in [0.25, 0.3) is 0 Å². The predicted molar refractivity (Wildman–Crippen MR) is 72.7 cm³/mol. The topological polar surface area (TPSA) is 87.9 Å². The number of nitrogens with one attached hydrogen (secondary N) is 1. The number of rotatable bonds is 4. The molecule has 0 spiro atoms. The summed E-state index contributed by atoms with van der Waals surface area (Å²) in [5.74, 6) is 1.37. The summed E-state index contributed by atoms with van der Waals surface area (Å²) in [7, 11) is 0. The number of likely N-dealkylation sites (tertiary alicyclic amines) is 1. The van der Waals surface area contributed by atoms with E-state index in [-0.39, 0.29) is 17.8 Å². The molecule has 1 aliphatic heterocycles. The minimum absolute atomic E-state index is 0.0797. The quantitative estimate of drug-likeness (QED) is 0.848. The van der Waals surface area contributed by atoms with E-state index in [4.69, 9.17) is 5.73 Å². The molecule has 6 heteroatoms. The molecule has 0 aromatic carbocycles. The van der Waals surface area contributed by atoms with Gasteiger partial charge in [-0.25, -0.2) is 4.98 Å². The van der Waals surface area contributed by atoms with Crippen molar-refractivity contribution in [2.24, 2.45) is 11.7 Å². The van der Waals surface area contributed by atoms with E-state index in [2.05, 4.69) is 22.1 Å². The van der Waals surface area contributed by atoms with Crippen molar-refractivity contribution >= 4 is 5.91 Å². The third-order valence-electron chi connectivity index (χ3n) is 3.70. The van der Waals surface area contributed by atoms with Crippen LogP contribution in [0.3, 0.4) is 0 Å². The number of nitrogens with zero attached hydrogens (tertiary/aromatic N) is 3. The Kier molecular flexibility index (Phi) is 4.52. The number of aromatic nitrogens is 3. The minimum atomic E-state index is -0.0797. The number of piperidine rings is 1. The van der Waals surface area contributed by atoms with Gasteiger partial charge in [0.2, 0.25) is 5.82 Å². The largest absolute Gasteiger partial charge is 0.336 e. The van der Waals surface area contributed by atoms with Crippen molar-refractivity contribution in [1.82, 2.24) is 20.1 Å². The first-order chi connectivity index (χ1) is 9.11. The summed E-state index contributed by atoms with van der Waals surface area (Å²) in [4.78, 5) is 18.4. The zero-order valence-electron chi connectivity index (χ0n) is 11.7. The van der Waals surface area contributed by atoms with Crippen LogP contribution in [-0.4, -0.2) is 45.1 Å². The number of aromatic amines is 1. The lowest BCUT2D eigenvalue weighted by molar-refractivity contribution is 0.0649. The van der Waals surface area contributed by atoms with Gasteiger partial charge in [-0.1, -0.05) is 6.92 Å². The zero-order valence-corrected chi connectivity index (χ0v) is 11.7. The van der Waals surface area contributed by atoms with E-state index in [9.17, 15) is 4.79 Å². The number of hydrogen-bond acceptors (Lipinski definition) is 4. The average molecular weight is 265 g/mol. The summed E-state index contributed by atoms with van der Waals surface area (Å²) in [6.07, 6.45) is 3.91. The summed E-state index contributed by atoms with van der Waals surface area (Å²) >= 11 is 0. The molecule has 0 aliphatic carbocycles. The van der Waals surface area contributed by atoms with Crippen LogP contribution in [-0.2, 0) is 6.42 Å². The second-order valence-corrected chi connectivity index (χ2v) is 5.37. The highest BCUT2D eigenvalue weighted by Crippen LogP contribution is 2.19. The van der Waals surface area contributed by atoms with Gasteiger partial charge in [-0.15, -0.1) is 5.10 Å². The number of carbonyl (C=O) groups is 1. The van der Waals surface area contributed by atoms with Crippen molar-refractivity contribution in [1.29, 1.82) is 0 Å². The molecule has 1 aromatic rings. The molecule has 106 valence electrons. The van der Waals surface area contributed by atoms with Gasteiger partial charge in [-0.2, -0.15) is 0 Å². The lowest BCUT2D eigenvalue weighted by atomic mass is 9.92. The Bertz CT molecular complexity index is 428. The maximum Gasteiger partial charge on any atom is 0.293 e. The molecule has 19 heavy (non-hydrogen) atoms. The number of H-pyrrole nitrogens is 1. The van der Waals surface area contributed by atoms with Crippen molar-refractivity contribution in [2.45, 2.75) is 45.6 Å². The summed E-state index contributed by atoms with van der Waals surface area (Å²) in [5, 5.41) is 6.85. The highest BCUT2D eigenvalue weighted by atomic mass is 16.2. The Balaban J connectivity index is 2.01. The van der Waals surface area contributed by atoms with Gasteiger partial charge >= 0.3 is 0 Å². The second kappa shape index (κ2) is 6.14. The Hall–Kier alpha value is -1.43. The maximum atomic E-state index is 12.3. The molecule has 1 amide bonds. The summed E-state index contributed by atoms with van der Waals surface area (Å²) < 4.78 is 0. The third kappa shape index (κ3) is 3.32. The van der Waals surface area contributed by atoms with Gasteiger partial charge < -0.3 is 10.6 Å². The Labute approximate surface area is 113 Å². The summed E-state index contributed by atoms with van der Waals surface area (Å²) in [5.41, 5.74) is 5.94. The van der Waals surface area contributed by atoms with E-state index < -0.39 is 0 Å². The van der Waals surface area contributed by atoms with Crippen LogP contribution in [0.1, 0.15) is 49.6 Å². The van der Waals surface area contributed by atoms with E-state index in [1.807, 2.05) is 11.8 Å². The molecule has 2 unspecified atom stereocenters. The van der Waals surface area contributed by atoms with Crippen molar-refractivity contribution in [3.05, 3.63) is 11.6 Å². The Morgan fingerprint density at radius 2 is 2.42 bits per heavy atom. The van der Waals surface area contributed by atoms with Crippen LogP contribution in [0.15, 0.2) is 0 Å². The van der Waals surface area contributed by atoms with Gasteiger partial charge in [0, 0.05) is 25.6 Å². The van der Waals surface area contributed by atoms with Crippen molar-refractivity contribution in [3.8, 4) is 0 Å². The molecule has 3 N–H and O–H groups in total.